The van der Waals surface area contributed by atoms with Gasteiger partial charge in [-0.25, -0.2) is 8.78 Å². The Morgan fingerprint density at radius 1 is 1.00 bits per heavy atom. The maximum absolute atomic E-state index is 13.6. The lowest BCUT2D eigenvalue weighted by atomic mass is 10.1. The number of benzene rings is 1. The first-order valence-corrected chi connectivity index (χ1v) is 5.83. The molecule has 0 aliphatic heterocycles. The van der Waals surface area contributed by atoms with E-state index in [1.807, 2.05) is 13.0 Å². The van der Waals surface area contributed by atoms with E-state index in [0.717, 1.165) is 5.76 Å². The monoisotopic (exact) mass is 251 g/mol. The van der Waals surface area contributed by atoms with Crippen molar-refractivity contribution < 1.29 is 13.2 Å². The molecule has 2 atom stereocenters. The molecule has 0 aliphatic rings. The van der Waals surface area contributed by atoms with Crippen LogP contribution in [0.2, 0.25) is 0 Å². The third kappa shape index (κ3) is 2.59. The third-order valence-corrected chi connectivity index (χ3v) is 2.90. The Balaban J connectivity index is 2.15. The zero-order valence-electron chi connectivity index (χ0n) is 10.3. The highest BCUT2D eigenvalue weighted by molar-refractivity contribution is 5.23. The molecule has 2 rings (SSSR count). The van der Waals surface area contributed by atoms with E-state index in [1.165, 1.54) is 18.2 Å². The highest BCUT2D eigenvalue weighted by Crippen LogP contribution is 2.23. The largest absolute Gasteiger partial charge is 0.468 e. The van der Waals surface area contributed by atoms with E-state index < -0.39 is 17.7 Å². The molecule has 0 spiro atoms. The fraction of sp³-hybridized carbons (Fsp3) is 0.286. The average Bonchev–Trinajstić information content (AvgIpc) is 2.81. The van der Waals surface area contributed by atoms with Gasteiger partial charge in [0.25, 0.3) is 0 Å². The van der Waals surface area contributed by atoms with E-state index in [1.54, 1.807) is 19.3 Å². The summed E-state index contributed by atoms with van der Waals surface area (Å²) in [6, 6.07) is 6.92. The fourth-order valence-corrected chi connectivity index (χ4v) is 2.00. The van der Waals surface area contributed by atoms with Crippen LogP contribution < -0.4 is 5.32 Å². The summed E-state index contributed by atoms with van der Waals surface area (Å²) >= 11 is 0. The second-order valence-electron chi connectivity index (χ2n) is 4.26. The van der Waals surface area contributed by atoms with Gasteiger partial charge >= 0.3 is 0 Å². The predicted octanol–water partition coefficient (Wildman–Crippen LogP) is 3.97. The second kappa shape index (κ2) is 5.31. The lowest BCUT2D eigenvalue weighted by Crippen LogP contribution is -2.23. The van der Waals surface area contributed by atoms with Crippen molar-refractivity contribution in [2.45, 2.75) is 25.9 Å². The van der Waals surface area contributed by atoms with E-state index in [0.29, 0.717) is 0 Å². The molecule has 2 nitrogen and oxygen atoms in total. The topological polar surface area (TPSA) is 25.2 Å². The van der Waals surface area contributed by atoms with Crippen molar-refractivity contribution in [2.75, 3.05) is 0 Å². The molecule has 1 aromatic carbocycles. The Hall–Kier alpha value is -1.68. The van der Waals surface area contributed by atoms with Crippen LogP contribution in [0.25, 0.3) is 0 Å². The van der Waals surface area contributed by atoms with Gasteiger partial charge in [0.2, 0.25) is 0 Å². The van der Waals surface area contributed by atoms with E-state index in [2.05, 4.69) is 5.32 Å². The number of hydrogen-bond acceptors (Lipinski definition) is 2. The quantitative estimate of drug-likeness (QED) is 0.889. The summed E-state index contributed by atoms with van der Waals surface area (Å²) < 4.78 is 32.4. The van der Waals surface area contributed by atoms with Gasteiger partial charge in [0.1, 0.15) is 17.4 Å². The van der Waals surface area contributed by atoms with Crippen molar-refractivity contribution >= 4 is 0 Å². The van der Waals surface area contributed by atoms with Crippen molar-refractivity contribution in [3.63, 3.8) is 0 Å². The number of furan rings is 1. The van der Waals surface area contributed by atoms with E-state index in [-0.39, 0.29) is 11.6 Å². The van der Waals surface area contributed by atoms with Gasteiger partial charge in [0.05, 0.1) is 12.3 Å². The Morgan fingerprint density at radius 3 is 2.22 bits per heavy atom. The minimum absolute atomic E-state index is 0.0518. The summed E-state index contributed by atoms with van der Waals surface area (Å²) in [4.78, 5) is 0. The maximum atomic E-state index is 13.6. The lowest BCUT2D eigenvalue weighted by molar-refractivity contribution is 0.390. The van der Waals surface area contributed by atoms with Gasteiger partial charge in [-0.2, -0.15) is 0 Å². The van der Waals surface area contributed by atoms with Crippen LogP contribution in [0, 0.1) is 11.6 Å². The SMILES string of the molecule is CC(N[C@H](C)c1ccco1)c1c(F)cccc1F. The van der Waals surface area contributed by atoms with Gasteiger partial charge in [-0.05, 0) is 38.1 Å². The van der Waals surface area contributed by atoms with Gasteiger partial charge in [-0.3, -0.25) is 0 Å². The molecule has 0 amide bonds. The molecule has 0 bridgehead atoms. The third-order valence-electron chi connectivity index (χ3n) is 2.90. The average molecular weight is 251 g/mol. The first-order valence-electron chi connectivity index (χ1n) is 5.83. The summed E-state index contributed by atoms with van der Waals surface area (Å²) in [6.45, 7) is 3.61. The van der Waals surface area contributed by atoms with Crippen LogP contribution in [-0.4, -0.2) is 0 Å². The Morgan fingerprint density at radius 2 is 1.67 bits per heavy atom. The molecular weight excluding hydrogens is 236 g/mol. The summed E-state index contributed by atoms with van der Waals surface area (Å²) in [7, 11) is 0. The van der Waals surface area contributed by atoms with Gasteiger partial charge in [-0.15, -0.1) is 0 Å². The van der Waals surface area contributed by atoms with Crippen molar-refractivity contribution in [3.8, 4) is 0 Å². The van der Waals surface area contributed by atoms with Crippen LogP contribution in [0.15, 0.2) is 41.0 Å². The lowest BCUT2D eigenvalue weighted by Gasteiger charge is -2.19. The van der Waals surface area contributed by atoms with Crippen molar-refractivity contribution in [2.24, 2.45) is 0 Å². The normalized spacial score (nSPS) is 14.4. The van der Waals surface area contributed by atoms with Gasteiger partial charge in [0.15, 0.2) is 0 Å². The fourth-order valence-electron chi connectivity index (χ4n) is 2.00. The highest BCUT2D eigenvalue weighted by Gasteiger charge is 2.19. The molecule has 0 aliphatic carbocycles. The molecule has 1 heterocycles. The van der Waals surface area contributed by atoms with E-state index in [9.17, 15) is 8.78 Å². The van der Waals surface area contributed by atoms with Crippen LogP contribution in [0.3, 0.4) is 0 Å². The number of nitrogens with one attached hydrogen (secondary N) is 1. The summed E-state index contributed by atoms with van der Waals surface area (Å²) in [5, 5.41) is 3.11. The minimum Gasteiger partial charge on any atom is -0.468 e. The molecule has 96 valence electrons. The minimum atomic E-state index is -0.540. The van der Waals surface area contributed by atoms with Crippen LogP contribution in [-0.2, 0) is 0 Å². The van der Waals surface area contributed by atoms with Gasteiger partial charge in [0, 0.05) is 11.6 Å². The van der Waals surface area contributed by atoms with Crippen molar-refractivity contribution in [3.05, 3.63) is 59.6 Å². The molecule has 0 radical (unpaired) electrons. The smallest absolute Gasteiger partial charge is 0.130 e. The molecule has 0 saturated heterocycles. The molecule has 1 aromatic heterocycles. The Bertz CT molecular complexity index is 490. The predicted molar refractivity (Wildman–Crippen MR) is 65.0 cm³/mol. The van der Waals surface area contributed by atoms with Crippen molar-refractivity contribution in [1.82, 2.24) is 5.32 Å². The zero-order valence-corrected chi connectivity index (χ0v) is 10.3. The van der Waals surface area contributed by atoms with E-state index >= 15 is 0 Å². The Labute approximate surface area is 105 Å². The number of rotatable bonds is 4. The summed E-state index contributed by atoms with van der Waals surface area (Å²) in [6.07, 6.45) is 1.57. The molecule has 0 fully saturated rings. The molecule has 0 saturated carbocycles. The van der Waals surface area contributed by atoms with Crippen molar-refractivity contribution in [1.29, 1.82) is 0 Å². The summed E-state index contributed by atoms with van der Waals surface area (Å²) in [5.41, 5.74) is 0.0518. The standard InChI is InChI=1S/C14H15F2NO/c1-9(13-7-4-8-18-13)17-10(2)14-11(15)5-3-6-12(14)16/h3-10,17H,1-2H3/t9-,10?/m1/s1. The highest BCUT2D eigenvalue weighted by atomic mass is 19.1. The molecular formula is C14H15F2NO. The van der Waals surface area contributed by atoms with Gasteiger partial charge < -0.3 is 9.73 Å². The molecule has 2 aromatic rings. The second-order valence-corrected chi connectivity index (χ2v) is 4.26. The maximum Gasteiger partial charge on any atom is 0.130 e. The zero-order chi connectivity index (χ0) is 13.1. The molecule has 4 heteroatoms. The first-order chi connectivity index (χ1) is 8.59. The van der Waals surface area contributed by atoms with Crippen LogP contribution >= 0.6 is 0 Å². The number of halogens is 2. The molecule has 1 N–H and O–H groups in total. The molecule has 18 heavy (non-hydrogen) atoms. The first kappa shape index (κ1) is 12.8. The Kier molecular flexibility index (Phi) is 3.77. The van der Waals surface area contributed by atoms with Crippen LogP contribution in [0.5, 0.6) is 0 Å². The molecule has 1 unspecified atom stereocenters. The van der Waals surface area contributed by atoms with Crippen LogP contribution in [0.1, 0.15) is 37.3 Å². The van der Waals surface area contributed by atoms with Gasteiger partial charge in [-0.1, -0.05) is 6.07 Å². The number of hydrogen-bond donors (Lipinski definition) is 1. The van der Waals surface area contributed by atoms with Crippen LogP contribution in [0.4, 0.5) is 8.78 Å². The van der Waals surface area contributed by atoms with E-state index in [4.69, 9.17) is 4.42 Å². The summed E-state index contributed by atoms with van der Waals surface area (Å²) in [5.74, 6) is -0.345.